The fourth-order valence-corrected chi connectivity index (χ4v) is 8.89. The normalized spacial score (nSPS) is 12.5. The van der Waals surface area contributed by atoms with E-state index in [1.54, 1.807) is 35.1 Å². The fraction of sp³-hybridized carbons (Fsp3) is 0.478. The molecule has 0 aliphatic rings. The van der Waals surface area contributed by atoms with Crippen LogP contribution < -0.4 is 42.3 Å². The van der Waals surface area contributed by atoms with Crippen LogP contribution in [0.25, 0.3) is 0 Å². The Bertz CT molecular complexity index is 2720. The molecular weight excluding hydrogens is 1080 g/mol. The molecule has 0 spiro atoms. The quantitative estimate of drug-likeness (QED) is 0.0116. The third-order valence-electron chi connectivity index (χ3n) is 11.6. The Morgan fingerprint density at radius 2 is 1.29 bits per heavy atom. The van der Waals surface area contributed by atoms with Crippen LogP contribution in [0.2, 0.25) is 0 Å². The van der Waals surface area contributed by atoms with Gasteiger partial charge in [0.2, 0.25) is 47.0 Å². The molecule has 78 heavy (non-hydrogen) atoms. The highest BCUT2D eigenvalue weighted by Gasteiger charge is 2.33. The first-order valence-corrected chi connectivity index (χ1v) is 27.0. The zero-order valence-electron chi connectivity index (χ0n) is 42.3. The molecule has 2 radical (unpaired) electrons. The lowest BCUT2D eigenvalue weighted by Gasteiger charge is -2.31. The molecular formula is C46H62BN13O15S3. The van der Waals surface area contributed by atoms with Crippen LogP contribution in [0.15, 0.2) is 59.1 Å². The van der Waals surface area contributed by atoms with Gasteiger partial charge in [0.1, 0.15) is 29.6 Å². The highest BCUT2D eigenvalue weighted by atomic mass is 32.2. The van der Waals surface area contributed by atoms with Crippen molar-refractivity contribution in [3.63, 3.8) is 0 Å². The number of aromatic nitrogens is 5. The summed E-state index contributed by atoms with van der Waals surface area (Å²) in [4.78, 5) is 90.2. The lowest BCUT2D eigenvalue weighted by molar-refractivity contribution is -0.145. The molecule has 0 bridgehead atoms. The number of sulfonamides is 1. The Balaban J connectivity index is 1.30. The summed E-state index contributed by atoms with van der Waals surface area (Å²) in [6, 6.07) is 7.70. The summed E-state index contributed by atoms with van der Waals surface area (Å²) in [5.41, 5.74) is 1.12. The van der Waals surface area contributed by atoms with Gasteiger partial charge < -0.3 is 67.0 Å². The second-order valence-electron chi connectivity index (χ2n) is 17.6. The number of aryl methyl sites for hydroxylation is 2. The number of carbonyl (C=O) groups excluding carboxylic acids is 5. The highest BCUT2D eigenvalue weighted by Crippen LogP contribution is 2.38. The van der Waals surface area contributed by atoms with E-state index in [2.05, 4.69) is 57.6 Å². The van der Waals surface area contributed by atoms with Gasteiger partial charge in [-0.1, -0.05) is 47.7 Å². The predicted molar refractivity (Wildman–Crippen MR) is 283 cm³/mol. The molecule has 5 amide bonds. The third-order valence-corrected chi connectivity index (χ3v) is 14.0. The summed E-state index contributed by atoms with van der Waals surface area (Å²) in [7, 11) is 1.13. The van der Waals surface area contributed by atoms with Crippen molar-refractivity contribution in [2.24, 2.45) is 5.14 Å². The largest absolute Gasteiger partial charge is 0.508 e. The van der Waals surface area contributed by atoms with Crippen molar-refractivity contribution in [2.45, 2.75) is 106 Å². The van der Waals surface area contributed by atoms with Gasteiger partial charge >= 0.3 is 11.9 Å². The summed E-state index contributed by atoms with van der Waals surface area (Å²) < 4.78 is 34.9. The number of aromatic hydroxyl groups is 2. The average molecular weight is 1140 g/mol. The van der Waals surface area contributed by atoms with Gasteiger partial charge in [-0.2, -0.15) is 0 Å². The lowest BCUT2D eigenvalue weighted by atomic mass is 9.73. The molecule has 0 unspecified atom stereocenters. The molecule has 0 saturated carbocycles. The Labute approximate surface area is 458 Å². The van der Waals surface area contributed by atoms with E-state index in [9.17, 15) is 62.4 Å². The Morgan fingerprint density at radius 3 is 1.83 bits per heavy atom. The highest BCUT2D eigenvalue weighted by molar-refractivity contribution is 7.91. The number of phenols is 2. The molecule has 0 aliphatic carbocycles. The van der Waals surface area contributed by atoms with Crippen molar-refractivity contribution in [3.8, 4) is 11.5 Å². The van der Waals surface area contributed by atoms with Crippen molar-refractivity contribution in [3.05, 3.63) is 71.5 Å². The molecule has 4 aromatic rings. The van der Waals surface area contributed by atoms with Gasteiger partial charge in [0.15, 0.2) is 5.11 Å². The van der Waals surface area contributed by atoms with Gasteiger partial charge in [-0.05, 0) is 86.1 Å². The molecule has 3 atom stereocenters. The molecule has 2 aromatic heterocycles. The summed E-state index contributed by atoms with van der Waals surface area (Å²) in [6.07, 6.45) is 1.43. The van der Waals surface area contributed by atoms with Crippen LogP contribution in [0.1, 0.15) is 81.5 Å². The zero-order chi connectivity index (χ0) is 57.3. The number of carbonyl (C=O) groups is 7. The molecule has 0 fully saturated rings. The number of carboxylic acids is 2. The second-order valence-corrected chi connectivity index (χ2v) is 20.7. The number of nitrogens with two attached hydrogens (primary N) is 1. The number of anilines is 1. The smallest absolute Gasteiger partial charge is 0.326 e. The maximum atomic E-state index is 13.4. The average Bonchev–Trinajstić information content (AvgIpc) is 4.08. The van der Waals surface area contributed by atoms with Crippen LogP contribution >= 0.6 is 23.6 Å². The number of rotatable bonds is 35. The number of carboxylic acid groups (broad SMARTS) is 2. The maximum Gasteiger partial charge on any atom is 0.326 e. The number of nitrogens with one attached hydrogen (secondary N) is 7. The molecule has 0 aliphatic heterocycles. The van der Waals surface area contributed by atoms with E-state index in [1.807, 2.05) is 6.92 Å². The first kappa shape index (κ1) is 63.1. The number of aliphatic carboxylic acids is 2. The standard InChI is InChI=1S/C46H62BN13O15S3/c1-46(28-8-12-31(61)13-9-28,29-10-14-32(62)15-11-29)17-16-37(64)52-34(41(68)69)25-39(66)53-35(42(70)71)26-38(65)51-33(40(67)49-18-21-74-23-24-75-22-19-50-43(76)55-47)6-2-3-20-60-27-30(56-59-60)5-4-7-36(63)54-44-57-58-45(77-44)78(48,72)73/h8-15,27,33-35,61-62H,2-7,16-26H2,1H3,(H,49,67)(H,51,65)(H,52,64)(H,53,66)(H,68,69)(H,70,71)(H2,48,72,73)(H2,50,55,76)(H,54,57,63)/t33-,34-,35-/m0/s1. The van der Waals surface area contributed by atoms with Gasteiger partial charge in [0, 0.05) is 44.1 Å². The van der Waals surface area contributed by atoms with Gasteiger partial charge in [0.05, 0.1) is 45.0 Å². The first-order chi connectivity index (χ1) is 37.1. The van der Waals surface area contributed by atoms with E-state index in [0.29, 0.717) is 73.5 Å². The van der Waals surface area contributed by atoms with Gasteiger partial charge in [-0.3, -0.25) is 28.7 Å². The number of phenolic OH excluding ortho intramolecular Hbond substituents is 2. The zero-order valence-corrected chi connectivity index (χ0v) is 44.8. The maximum absolute atomic E-state index is 13.4. The van der Waals surface area contributed by atoms with Crippen LogP contribution in [0, 0.1) is 0 Å². The lowest BCUT2D eigenvalue weighted by Crippen LogP contribution is -2.51. The van der Waals surface area contributed by atoms with Crippen molar-refractivity contribution < 1.29 is 71.9 Å². The molecule has 0 saturated heterocycles. The summed E-state index contributed by atoms with van der Waals surface area (Å²) in [5, 5.41) is 77.4. The number of benzene rings is 2. The predicted octanol–water partition coefficient (Wildman–Crippen LogP) is -0.793. The Hall–Kier alpha value is -7.39. The summed E-state index contributed by atoms with van der Waals surface area (Å²) >= 11 is 5.49. The van der Waals surface area contributed by atoms with E-state index < -0.39 is 92.2 Å². The minimum Gasteiger partial charge on any atom is -0.508 e. The number of ether oxygens (including phenoxy) is 2. The van der Waals surface area contributed by atoms with Gasteiger partial charge in [-0.15, -0.1) is 15.3 Å². The Morgan fingerprint density at radius 1 is 0.744 bits per heavy atom. The van der Waals surface area contributed by atoms with Crippen LogP contribution in [-0.4, -0.2) is 166 Å². The first-order valence-electron chi connectivity index (χ1n) is 24.2. The molecule has 13 N–H and O–H groups in total. The van der Waals surface area contributed by atoms with Gasteiger partial charge in [0.25, 0.3) is 10.0 Å². The summed E-state index contributed by atoms with van der Waals surface area (Å²) in [6.45, 7) is 3.41. The number of thiocarbonyl (C=S) groups is 1. The Kier molecular flexibility index (Phi) is 25.7. The molecule has 2 heterocycles. The molecule has 2 aromatic carbocycles. The number of hydrogen-bond donors (Lipinski definition) is 12. The number of hydrogen-bond acceptors (Lipinski definition) is 19. The van der Waals surface area contributed by atoms with E-state index in [1.165, 1.54) is 24.3 Å². The summed E-state index contributed by atoms with van der Waals surface area (Å²) in [5.74, 6) is -7.06. The third kappa shape index (κ3) is 22.3. The topological polar surface area (TPSA) is 420 Å². The number of unbranched alkanes of at least 4 members (excludes halogenated alkanes) is 1. The van der Waals surface area contributed by atoms with Crippen LogP contribution in [0.5, 0.6) is 11.5 Å². The number of amides is 5. The van der Waals surface area contributed by atoms with E-state index >= 15 is 0 Å². The van der Waals surface area contributed by atoms with Crippen LogP contribution in [0.4, 0.5) is 5.13 Å². The molecule has 32 heteroatoms. The number of primary sulfonamides is 1. The second kappa shape index (κ2) is 31.7. The van der Waals surface area contributed by atoms with E-state index in [-0.39, 0.29) is 73.8 Å². The molecule has 422 valence electrons. The van der Waals surface area contributed by atoms with Crippen LogP contribution in [-0.2, 0) is 71.4 Å². The molecule has 4 rings (SSSR count). The van der Waals surface area contributed by atoms with E-state index in [4.69, 9.17) is 34.8 Å². The van der Waals surface area contributed by atoms with Crippen molar-refractivity contribution in [1.82, 2.24) is 57.0 Å². The SMILES string of the molecule is [B]NC(=S)NCCOCCOCCNC(=O)[C@H](CCCCn1cc(CCCC(=O)Nc2nnc(S(N)(=O)=O)s2)nn1)NC(=O)C[C@H](NC(=O)C[C@H](NC(=O)CCC(C)(c1ccc(O)cc1)c1ccc(O)cc1)C(=O)O)C(=O)O. The van der Waals surface area contributed by atoms with Crippen molar-refractivity contribution in [2.75, 3.05) is 44.8 Å². The minimum atomic E-state index is -4.06. The fourth-order valence-electron chi connectivity index (χ4n) is 7.44. The van der Waals surface area contributed by atoms with Crippen molar-refractivity contribution in [1.29, 1.82) is 0 Å². The molecule has 28 nitrogen and oxygen atoms in total. The van der Waals surface area contributed by atoms with Gasteiger partial charge in [-0.25, -0.2) is 23.1 Å². The van der Waals surface area contributed by atoms with E-state index in [0.717, 1.165) is 0 Å². The van der Waals surface area contributed by atoms with Crippen LogP contribution in [0.3, 0.4) is 0 Å². The number of nitrogens with zero attached hydrogens (tertiary/aromatic N) is 5. The van der Waals surface area contributed by atoms with Crippen molar-refractivity contribution >= 4 is 93.3 Å². The monoisotopic (exact) mass is 1140 g/mol. The minimum absolute atomic E-state index is 0.0110.